The lowest BCUT2D eigenvalue weighted by Crippen LogP contribution is -2.76. The Balaban J connectivity index is 8.55. The van der Waals surface area contributed by atoms with Crippen molar-refractivity contribution in [2.45, 2.75) is 370 Å². The number of carboxylic acid groups (broad SMARTS) is 2. The largest absolute Gasteiger partial charge is 0.479 e. The highest BCUT2D eigenvalue weighted by Gasteiger charge is 2.72. The lowest BCUT2D eigenvalue weighted by atomic mass is 9.71. The molecule has 0 aliphatic carbocycles. The summed E-state index contributed by atoms with van der Waals surface area (Å²) in [5, 5.41) is 23.1. The zero-order valence-electron chi connectivity index (χ0n) is 52.1. The second-order valence-corrected chi connectivity index (χ2v) is 26.1. The van der Waals surface area contributed by atoms with E-state index in [1.165, 1.54) is 0 Å². The Bertz CT molecular complexity index is 1540. The molecule has 0 bridgehead atoms. The van der Waals surface area contributed by atoms with Crippen LogP contribution in [-0.2, 0) is 38.4 Å². The number of hydrogen-bond acceptors (Lipinski definition) is 12. The first-order chi connectivity index (χ1) is 38.5. The first kappa shape index (κ1) is 77.6. The Morgan fingerprint density at radius 2 is 0.388 bits per heavy atom. The van der Waals surface area contributed by atoms with Gasteiger partial charge < -0.3 is 21.7 Å². The van der Waals surface area contributed by atoms with Crippen LogP contribution in [0.15, 0.2) is 0 Å². The predicted octanol–water partition coefficient (Wildman–Crippen LogP) is 17.7. The molecule has 0 amide bonds. The fourth-order valence-electron chi connectivity index (χ4n) is 11.1. The average Bonchev–Trinajstić information content (AvgIpc) is 3.49. The number of ketones is 6. The standard InChI is InChI=1S/C66H120N2O10S2/c1-7-13-19-25-31-37-43-49-55(69)63(67,61(75)76)65(57(71)51-45-39-33-27-21-15-9-3,58(72)52-46-40-34-28-22-16-10-4)79-80-66(59(73)53-47-41-35-29-23-17-11-5,60(74)54-48-42-36-30-24-18-12-6)64(68,62(77)78)56(70)50-44-38-32-26-20-14-8-2/h7-54,67-68H2,1-6H3,(H,75,76)(H,77,78)/t63-,64-/m1/s1. The quantitative estimate of drug-likeness (QED) is 0.0252. The molecule has 0 aromatic heterocycles. The van der Waals surface area contributed by atoms with Crippen molar-refractivity contribution < 1.29 is 48.6 Å². The topological polar surface area (TPSA) is 229 Å². The molecule has 6 N–H and O–H groups in total. The second kappa shape index (κ2) is 47.9. The van der Waals surface area contributed by atoms with E-state index in [2.05, 4.69) is 41.5 Å². The monoisotopic (exact) mass is 1160 g/mol. The molecule has 0 rings (SSSR count). The molecular weight excluding hydrogens is 1040 g/mol. The fraction of sp³-hybridized carbons (Fsp3) is 0.879. The van der Waals surface area contributed by atoms with Crippen LogP contribution < -0.4 is 11.5 Å². The number of aliphatic carboxylic acids is 2. The van der Waals surface area contributed by atoms with Gasteiger partial charge in [-0.05, 0) is 38.5 Å². The summed E-state index contributed by atoms with van der Waals surface area (Å²) in [6.07, 6.45) is 31.6. The number of carbonyl (C=O) groups excluding carboxylic acids is 6. The lowest BCUT2D eigenvalue weighted by molar-refractivity contribution is -0.156. The summed E-state index contributed by atoms with van der Waals surface area (Å²) in [4.78, 5) is 122. The Hall–Kier alpha value is -2.42. The van der Waals surface area contributed by atoms with Crippen LogP contribution in [0.5, 0.6) is 0 Å². The van der Waals surface area contributed by atoms with Crippen LogP contribution in [0.1, 0.15) is 350 Å². The van der Waals surface area contributed by atoms with Gasteiger partial charge in [0.1, 0.15) is 0 Å². The van der Waals surface area contributed by atoms with Gasteiger partial charge in [-0.25, -0.2) is 9.59 Å². The molecule has 2 atom stereocenters. The van der Waals surface area contributed by atoms with Crippen LogP contribution in [0.25, 0.3) is 0 Å². The lowest BCUT2D eigenvalue weighted by Gasteiger charge is -2.46. The molecule has 12 nitrogen and oxygen atoms in total. The van der Waals surface area contributed by atoms with Crippen molar-refractivity contribution in [1.29, 1.82) is 0 Å². The second-order valence-electron chi connectivity index (χ2n) is 23.5. The zero-order chi connectivity index (χ0) is 60.0. The molecule has 14 heteroatoms. The molecule has 0 spiro atoms. The smallest absolute Gasteiger partial charge is 0.333 e. The van der Waals surface area contributed by atoms with Gasteiger partial charge in [-0.1, -0.05) is 294 Å². The number of carbonyl (C=O) groups is 8. The maximum absolute atomic E-state index is 15.7. The molecule has 0 saturated heterocycles. The summed E-state index contributed by atoms with van der Waals surface area (Å²) in [6.45, 7) is 12.7. The predicted molar refractivity (Wildman–Crippen MR) is 335 cm³/mol. The van der Waals surface area contributed by atoms with E-state index in [4.69, 9.17) is 11.5 Å². The van der Waals surface area contributed by atoms with Gasteiger partial charge >= 0.3 is 11.9 Å². The highest BCUT2D eigenvalue weighted by molar-refractivity contribution is 8.78. The minimum absolute atomic E-state index is 0.247. The molecule has 0 aliphatic rings. The third-order valence-electron chi connectivity index (χ3n) is 16.6. The van der Waals surface area contributed by atoms with Crippen molar-refractivity contribution >= 4 is 68.2 Å². The third kappa shape index (κ3) is 27.1. The number of rotatable bonds is 61. The van der Waals surface area contributed by atoms with E-state index in [-0.39, 0.29) is 98.6 Å². The van der Waals surface area contributed by atoms with Gasteiger partial charge in [-0.15, -0.1) is 0 Å². The van der Waals surface area contributed by atoms with E-state index in [0.29, 0.717) is 38.5 Å². The van der Waals surface area contributed by atoms with Gasteiger partial charge in [0.15, 0.2) is 44.2 Å². The van der Waals surface area contributed by atoms with E-state index in [1.807, 2.05) is 0 Å². The minimum atomic E-state index is -3.21. The summed E-state index contributed by atoms with van der Waals surface area (Å²) < 4.78 is -5.89. The number of unbranched alkanes of at least 4 members (excludes halogenated alkanes) is 36. The molecule has 0 saturated carbocycles. The first-order valence-corrected chi connectivity index (χ1v) is 35.2. The summed E-state index contributed by atoms with van der Waals surface area (Å²) in [7, 11) is 0.551. The molecule has 0 aromatic rings. The van der Waals surface area contributed by atoms with Crippen LogP contribution in [0, 0.1) is 0 Å². The van der Waals surface area contributed by atoms with E-state index in [0.717, 1.165) is 193 Å². The zero-order valence-corrected chi connectivity index (χ0v) is 53.7. The first-order valence-electron chi connectivity index (χ1n) is 33.1. The van der Waals surface area contributed by atoms with Gasteiger partial charge in [0.05, 0.1) is 0 Å². The van der Waals surface area contributed by atoms with Crippen molar-refractivity contribution in [2.24, 2.45) is 11.5 Å². The van der Waals surface area contributed by atoms with Crippen LogP contribution >= 0.6 is 21.6 Å². The van der Waals surface area contributed by atoms with Crippen LogP contribution in [0.4, 0.5) is 0 Å². The molecule has 0 aromatic carbocycles. The number of carboxylic acids is 2. The van der Waals surface area contributed by atoms with Gasteiger partial charge in [0, 0.05) is 38.5 Å². The van der Waals surface area contributed by atoms with Crippen molar-refractivity contribution in [3.63, 3.8) is 0 Å². The Morgan fingerprint density at radius 1 is 0.250 bits per heavy atom. The maximum atomic E-state index is 15.7. The maximum Gasteiger partial charge on any atom is 0.333 e. The third-order valence-corrected chi connectivity index (χ3v) is 20.5. The Morgan fingerprint density at radius 3 is 0.537 bits per heavy atom. The van der Waals surface area contributed by atoms with Gasteiger partial charge in [-0.3, -0.25) is 28.8 Å². The van der Waals surface area contributed by atoms with Crippen LogP contribution in [-0.4, -0.2) is 77.4 Å². The summed E-state index contributed by atoms with van der Waals surface area (Å²) in [5.74, 6) is -9.56. The highest BCUT2D eigenvalue weighted by Crippen LogP contribution is 2.56. The van der Waals surface area contributed by atoms with E-state index in [1.54, 1.807) is 0 Å². The molecule has 0 heterocycles. The number of Topliss-reactive ketones (excluding diaryl/α,β-unsaturated/α-hetero) is 6. The van der Waals surface area contributed by atoms with E-state index in [9.17, 15) is 19.8 Å². The molecular formula is C66H120N2O10S2. The van der Waals surface area contributed by atoms with Gasteiger partial charge in [0.2, 0.25) is 11.1 Å². The molecule has 0 radical (unpaired) electrons. The van der Waals surface area contributed by atoms with Crippen molar-refractivity contribution in [1.82, 2.24) is 0 Å². The number of nitrogens with two attached hydrogens (primary N) is 2. The van der Waals surface area contributed by atoms with E-state index >= 15 is 28.8 Å². The van der Waals surface area contributed by atoms with Crippen molar-refractivity contribution in [3.05, 3.63) is 0 Å². The highest BCUT2D eigenvalue weighted by atomic mass is 33.1. The Labute approximate surface area is 496 Å². The molecule has 0 aliphatic heterocycles. The molecule has 0 unspecified atom stereocenters. The molecule has 0 fully saturated rings. The Kier molecular flexibility index (Phi) is 46.4. The van der Waals surface area contributed by atoms with Gasteiger partial charge in [0.25, 0.3) is 0 Å². The summed E-state index contributed by atoms with van der Waals surface area (Å²) >= 11 is 0. The minimum Gasteiger partial charge on any atom is -0.479 e. The van der Waals surface area contributed by atoms with Crippen molar-refractivity contribution in [2.75, 3.05) is 0 Å². The summed E-state index contributed by atoms with van der Waals surface area (Å²) in [5.41, 5.74) is 7.86. The van der Waals surface area contributed by atoms with Crippen LogP contribution in [0.2, 0.25) is 0 Å². The van der Waals surface area contributed by atoms with E-state index < -0.39 is 67.2 Å². The molecule has 466 valence electrons. The van der Waals surface area contributed by atoms with Crippen LogP contribution in [0.3, 0.4) is 0 Å². The number of hydrogen-bond donors (Lipinski definition) is 4. The summed E-state index contributed by atoms with van der Waals surface area (Å²) in [6, 6.07) is 0. The normalized spacial score (nSPS) is 13.4. The SMILES string of the molecule is CCCCCCCCCC(=O)C(SSC(C(=O)CCCCCCCCC)(C(=O)CCCCCCCCC)[C@](N)(C(=O)O)C(=O)CCCCCCCCC)(C(=O)CCCCCCCCC)[C@](N)(C(=O)O)C(=O)CCCCCCCCC. The average molecular weight is 1170 g/mol. The molecule has 80 heavy (non-hydrogen) atoms. The van der Waals surface area contributed by atoms with Crippen molar-refractivity contribution in [3.8, 4) is 0 Å². The fourth-order valence-corrected chi connectivity index (χ4v) is 15.5. The van der Waals surface area contributed by atoms with Gasteiger partial charge in [-0.2, -0.15) is 0 Å².